The van der Waals surface area contributed by atoms with Gasteiger partial charge in [-0.25, -0.2) is 4.79 Å². The number of esters is 1. The second kappa shape index (κ2) is 11.9. The molecular weight excluding hydrogens is 492 g/mol. The molecule has 8 nitrogen and oxygen atoms in total. The Kier molecular flexibility index (Phi) is 8.95. The van der Waals surface area contributed by atoms with E-state index in [1.165, 1.54) is 18.2 Å². The molecule has 2 aromatic carbocycles. The number of thioether (sulfide) groups is 1. The van der Waals surface area contributed by atoms with E-state index in [-0.39, 0.29) is 27.8 Å². The summed E-state index contributed by atoms with van der Waals surface area (Å²) in [5.41, 5.74) is 1.11. The number of rotatable bonds is 9. The molecule has 1 heterocycles. The maximum atomic E-state index is 12.7. The number of benzene rings is 2. The average Bonchev–Trinajstić information content (AvgIpc) is 3.07. The van der Waals surface area contributed by atoms with Crippen molar-refractivity contribution in [3.05, 3.63) is 63.5 Å². The van der Waals surface area contributed by atoms with Crippen LogP contribution in [0.15, 0.2) is 47.4 Å². The largest absolute Gasteiger partial charge is 0.493 e. The maximum absolute atomic E-state index is 12.7. The number of hydrogen-bond acceptors (Lipinski definition) is 7. The van der Waals surface area contributed by atoms with E-state index in [2.05, 4.69) is 19.2 Å². The average molecular weight is 517 g/mol. The molecule has 0 saturated carbocycles. The fourth-order valence-corrected chi connectivity index (χ4v) is 4.06. The van der Waals surface area contributed by atoms with E-state index in [1.54, 1.807) is 37.3 Å². The van der Waals surface area contributed by atoms with Gasteiger partial charge in [0.1, 0.15) is 12.3 Å². The number of anilines is 1. The quantitative estimate of drug-likeness (QED) is 0.360. The van der Waals surface area contributed by atoms with Crippen molar-refractivity contribution in [3.8, 4) is 5.75 Å². The Morgan fingerprint density at radius 2 is 1.86 bits per heavy atom. The molecule has 0 unspecified atom stereocenters. The van der Waals surface area contributed by atoms with Crippen LogP contribution in [-0.4, -0.2) is 47.7 Å². The van der Waals surface area contributed by atoms with Crippen molar-refractivity contribution in [2.24, 2.45) is 5.92 Å². The Morgan fingerprint density at radius 1 is 1.14 bits per heavy atom. The number of hydrogen-bond donors (Lipinski definition) is 1. The zero-order valence-electron chi connectivity index (χ0n) is 19.5. The van der Waals surface area contributed by atoms with Crippen LogP contribution in [0, 0.1) is 5.92 Å². The number of halogens is 1. The third-order valence-electron chi connectivity index (χ3n) is 4.68. The van der Waals surface area contributed by atoms with Crippen molar-refractivity contribution < 1.29 is 28.7 Å². The molecule has 0 radical (unpaired) electrons. The Balaban J connectivity index is 1.64. The lowest BCUT2D eigenvalue weighted by atomic mass is 10.2. The Morgan fingerprint density at radius 3 is 2.51 bits per heavy atom. The molecule has 0 aliphatic carbocycles. The van der Waals surface area contributed by atoms with E-state index in [0.717, 1.165) is 22.2 Å². The van der Waals surface area contributed by atoms with Crippen molar-refractivity contribution in [2.45, 2.75) is 20.8 Å². The van der Waals surface area contributed by atoms with E-state index in [0.29, 0.717) is 18.3 Å². The zero-order valence-corrected chi connectivity index (χ0v) is 21.1. The predicted octanol–water partition coefficient (Wildman–Crippen LogP) is 5.23. The molecule has 1 saturated heterocycles. The molecule has 2 aromatic rings. The molecule has 1 fully saturated rings. The summed E-state index contributed by atoms with van der Waals surface area (Å²) in [4.78, 5) is 50.7. The van der Waals surface area contributed by atoms with Crippen LogP contribution in [0.1, 0.15) is 36.7 Å². The van der Waals surface area contributed by atoms with E-state index in [1.807, 2.05) is 0 Å². The van der Waals surface area contributed by atoms with Gasteiger partial charge in [-0.1, -0.05) is 37.6 Å². The molecule has 0 spiro atoms. The van der Waals surface area contributed by atoms with Gasteiger partial charge in [0.2, 0.25) is 5.91 Å². The molecule has 3 amide bonds. The van der Waals surface area contributed by atoms with Crippen LogP contribution in [0.25, 0.3) is 6.08 Å². The lowest BCUT2D eigenvalue weighted by molar-refractivity contribution is -0.127. The first-order valence-electron chi connectivity index (χ1n) is 10.9. The zero-order chi connectivity index (χ0) is 25.5. The summed E-state index contributed by atoms with van der Waals surface area (Å²) in [6.45, 7) is 6.08. The van der Waals surface area contributed by atoms with Crippen LogP contribution < -0.4 is 10.1 Å². The van der Waals surface area contributed by atoms with Crippen LogP contribution in [0.4, 0.5) is 10.5 Å². The first-order valence-corrected chi connectivity index (χ1v) is 12.1. The third-order valence-corrected chi connectivity index (χ3v) is 5.92. The van der Waals surface area contributed by atoms with Gasteiger partial charge in [-0.15, -0.1) is 0 Å². The molecule has 35 heavy (non-hydrogen) atoms. The second-order valence-electron chi connectivity index (χ2n) is 8.01. The Hall–Kier alpha value is -3.30. The fourth-order valence-electron chi connectivity index (χ4n) is 3.02. The van der Waals surface area contributed by atoms with Crippen LogP contribution >= 0.6 is 23.4 Å². The molecule has 3 rings (SSSR count). The standard InChI is InChI=1S/C25H25ClN2O6S/c1-4-33-24(31)19-12-17(7-10-20(19)26)27-22(29)13-28-23(30)21(35-25(28)32)11-16-5-8-18(9-6-16)34-14-15(2)3/h5-12,15H,4,13-14H2,1-3H3,(H,27,29)/b21-11-. The summed E-state index contributed by atoms with van der Waals surface area (Å²) in [5, 5.41) is 2.20. The number of carbonyl (C=O) groups is 4. The molecular formula is C25H25ClN2O6S. The first kappa shape index (κ1) is 26.3. The first-order chi connectivity index (χ1) is 16.7. The van der Waals surface area contributed by atoms with Gasteiger partial charge in [0.15, 0.2) is 0 Å². The van der Waals surface area contributed by atoms with E-state index >= 15 is 0 Å². The van der Waals surface area contributed by atoms with E-state index in [9.17, 15) is 19.2 Å². The van der Waals surface area contributed by atoms with Crippen LogP contribution in [0.2, 0.25) is 5.02 Å². The maximum Gasteiger partial charge on any atom is 0.339 e. The minimum absolute atomic E-state index is 0.0982. The lowest BCUT2D eigenvalue weighted by Gasteiger charge is -2.13. The Labute approximate surface area is 212 Å². The number of carbonyl (C=O) groups excluding carboxylic acids is 4. The number of nitrogens with zero attached hydrogens (tertiary/aromatic N) is 1. The van der Waals surface area contributed by atoms with Crippen molar-refractivity contribution >= 4 is 58.1 Å². The van der Waals surface area contributed by atoms with Crippen molar-refractivity contribution in [3.63, 3.8) is 0 Å². The SMILES string of the molecule is CCOC(=O)c1cc(NC(=O)CN2C(=O)S/C(=C\c3ccc(OCC(C)C)cc3)C2=O)ccc1Cl. The fraction of sp³-hybridized carbons (Fsp3) is 0.280. The normalized spacial score (nSPS) is 14.5. The summed E-state index contributed by atoms with van der Waals surface area (Å²) in [6.07, 6.45) is 1.60. The molecule has 1 aliphatic heterocycles. The summed E-state index contributed by atoms with van der Waals surface area (Å²) < 4.78 is 10.6. The van der Waals surface area contributed by atoms with Gasteiger partial charge in [0.25, 0.3) is 11.1 Å². The summed E-state index contributed by atoms with van der Waals surface area (Å²) in [6, 6.07) is 11.5. The van der Waals surface area contributed by atoms with Crippen molar-refractivity contribution in [1.82, 2.24) is 4.90 Å². The second-order valence-corrected chi connectivity index (χ2v) is 9.41. The highest BCUT2D eigenvalue weighted by atomic mass is 35.5. The van der Waals surface area contributed by atoms with Gasteiger partial charge in [-0.3, -0.25) is 19.3 Å². The number of nitrogens with one attached hydrogen (secondary N) is 1. The molecule has 1 aliphatic rings. The van der Waals surface area contributed by atoms with Crippen LogP contribution in [0.3, 0.4) is 0 Å². The summed E-state index contributed by atoms with van der Waals surface area (Å²) in [7, 11) is 0. The molecule has 184 valence electrons. The lowest BCUT2D eigenvalue weighted by Crippen LogP contribution is -2.36. The number of ether oxygens (including phenoxy) is 2. The number of imide groups is 1. The summed E-state index contributed by atoms with van der Waals surface area (Å²) >= 11 is 6.80. The molecule has 10 heteroatoms. The highest BCUT2D eigenvalue weighted by Crippen LogP contribution is 2.32. The van der Waals surface area contributed by atoms with Crippen molar-refractivity contribution in [1.29, 1.82) is 0 Å². The summed E-state index contributed by atoms with van der Waals surface area (Å²) in [5.74, 6) is -0.660. The van der Waals surface area contributed by atoms with E-state index < -0.39 is 29.6 Å². The van der Waals surface area contributed by atoms with Gasteiger partial charge < -0.3 is 14.8 Å². The molecule has 0 atom stereocenters. The third kappa shape index (κ3) is 7.10. The minimum atomic E-state index is -0.621. The Bertz CT molecular complexity index is 1160. The minimum Gasteiger partial charge on any atom is -0.493 e. The van der Waals surface area contributed by atoms with Crippen LogP contribution in [0.5, 0.6) is 5.75 Å². The van der Waals surface area contributed by atoms with Gasteiger partial charge in [0, 0.05) is 5.69 Å². The van der Waals surface area contributed by atoms with Gasteiger partial charge in [-0.2, -0.15) is 0 Å². The highest BCUT2D eigenvalue weighted by Gasteiger charge is 2.36. The highest BCUT2D eigenvalue weighted by molar-refractivity contribution is 8.18. The van der Waals surface area contributed by atoms with E-state index in [4.69, 9.17) is 21.1 Å². The molecule has 1 N–H and O–H groups in total. The smallest absolute Gasteiger partial charge is 0.339 e. The van der Waals surface area contributed by atoms with Crippen molar-refractivity contribution in [2.75, 3.05) is 25.1 Å². The molecule has 0 aromatic heterocycles. The van der Waals surface area contributed by atoms with Crippen LogP contribution in [-0.2, 0) is 14.3 Å². The van der Waals surface area contributed by atoms with Gasteiger partial charge >= 0.3 is 5.97 Å². The number of amides is 3. The predicted molar refractivity (Wildman–Crippen MR) is 135 cm³/mol. The van der Waals surface area contributed by atoms with Gasteiger partial charge in [0.05, 0.1) is 28.7 Å². The van der Waals surface area contributed by atoms with Gasteiger partial charge in [-0.05, 0) is 66.6 Å². The monoisotopic (exact) mass is 516 g/mol. The topological polar surface area (TPSA) is 102 Å². The molecule has 0 bridgehead atoms.